The fourth-order valence-corrected chi connectivity index (χ4v) is 3.95. The Kier molecular flexibility index (Phi) is 5.13. The van der Waals surface area contributed by atoms with E-state index < -0.39 is 0 Å². The topological polar surface area (TPSA) is 69.4 Å². The second-order valence-electron chi connectivity index (χ2n) is 7.57. The zero-order valence-electron chi connectivity index (χ0n) is 15.4. The number of rotatable bonds is 5. The number of aromatic nitrogens is 1. The molecule has 0 unspecified atom stereocenters. The molecule has 2 aliphatic rings. The molecule has 2 aliphatic heterocycles. The van der Waals surface area contributed by atoms with Gasteiger partial charge in [-0.05, 0) is 49.4 Å². The van der Waals surface area contributed by atoms with Crippen molar-refractivity contribution in [2.24, 2.45) is 5.92 Å². The molecular weight excluding hydrogens is 328 g/mol. The van der Waals surface area contributed by atoms with Gasteiger partial charge in [0.25, 0.3) is 0 Å². The van der Waals surface area contributed by atoms with E-state index >= 15 is 0 Å². The first-order chi connectivity index (χ1) is 12.7. The van der Waals surface area contributed by atoms with E-state index in [-0.39, 0.29) is 5.91 Å². The molecule has 4 rings (SSSR count). The highest BCUT2D eigenvalue weighted by Gasteiger charge is 2.18. The number of nitrogens with one attached hydrogen (secondary N) is 3. The Morgan fingerprint density at radius 2 is 2.12 bits per heavy atom. The molecule has 1 aromatic carbocycles. The number of carbonyl (C=O) groups excluding carboxylic acids is 1. The Morgan fingerprint density at radius 1 is 1.27 bits per heavy atom. The lowest BCUT2D eigenvalue weighted by Gasteiger charge is -2.25. The predicted molar refractivity (Wildman–Crippen MR) is 103 cm³/mol. The average Bonchev–Trinajstić information content (AvgIpc) is 3.02. The number of hydrogen-bond donors (Lipinski definition) is 3. The first kappa shape index (κ1) is 17.4. The summed E-state index contributed by atoms with van der Waals surface area (Å²) in [5.74, 6) is 0.794. The highest BCUT2D eigenvalue weighted by molar-refractivity contribution is 5.92. The van der Waals surface area contributed by atoms with E-state index in [1.807, 2.05) is 0 Å². The molecule has 6 nitrogen and oxygen atoms in total. The van der Waals surface area contributed by atoms with Crippen LogP contribution in [0.5, 0.6) is 0 Å². The molecular formula is C20H28N4O2. The number of hydrogen-bond acceptors (Lipinski definition) is 4. The molecule has 2 fully saturated rings. The summed E-state index contributed by atoms with van der Waals surface area (Å²) in [6.45, 7) is 7.77. The third kappa shape index (κ3) is 4.02. The lowest BCUT2D eigenvalue weighted by atomic mass is 10.0. The molecule has 1 aromatic heterocycles. The van der Waals surface area contributed by atoms with E-state index in [0.29, 0.717) is 12.5 Å². The van der Waals surface area contributed by atoms with Crippen molar-refractivity contribution in [3.8, 4) is 0 Å². The van der Waals surface area contributed by atoms with Gasteiger partial charge in [0.2, 0.25) is 5.91 Å². The SMILES string of the molecule is Cc1cc(NCC2CCOCC2)c2[nH]c(CN3CCNC(=O)C3)cc2c1. The highest BCUT2D eigenvalue weighted by Crippen LogP contribution is 2.27. The summed E-state index contributed by atoms with van der Waals surface area (Å²) in [4.78, 5) is 17.4. The maximum Gasteiger partial charge on any atom is 0.234 e. The van der Waals surface area contributed by atoms with Crippen molar-refractivity contribution in [3.63, 3.8) is 0 Å². The van der Waals surface area contributed by atoms with Gasteiger partial charge in [-0.25, -0.2) is 0 Å². The van der Waals surface area contributed by atoms with Crippen LogP contribution in [0.25, 0.3) is 10.9 Å². The molecule has 0 saturated carbocycles. The Labute approximate surface area is 154 Å². The summed E-state index contributed by atoms with van der Waals surface area (Å²) in [7, 11) is 0. The van der Waals surface area contributed by atoms with Gasteiger partial charge in [-0.3, -0.25) is 9.69 Å². The van der Waals surface area contributed by atoms with Gasteiger partial charge in [0.05, 0.1) is 17.7 Å². The average molecular weight is 356 g/mol. The van der Waals surface area contributed by atoms with E-state index in [0.717, 1.165) is 57.9 Å². The number of benzene rings is 1. The Bertz CT molecular complexity index is 779. The fourth-order valence-electron chi connectivity index (χ4n) is 3.95. The van der Waals surface area contributed by atoms with Crippen LogP contribution in [-0.4, -0.2) is 55.2 Å². The zero-order chi connectivity index (χ0) is 17.9. The first-order valence-corrected chi connectivity index (χ1v) is 9.60. The summed E-state index contributed by atoms with van der Waals surface area (Å²) >= 11 is 0. The van der Waals surface area contributed by atoms with Crippen LogP contribution in [0.3, 0.4) is 0 Å². The lowest BCUT2D eigenvalue weighted by Crippen LogP contribution is -2.47. The van der Waals surface area contributed by atoms with Crippen LogP contribution in [0.2, 0.25) is 0 Å². The summed E-state index contributed by atoms with van der Waals surface area (Å²) in [5.41, 5.74) is 4.76. The number of amides is 1. The van der Waals surface area contributed by atoms with Crippen LogP contribution in [0, 0.1) is 12.8 Å². The molecule has 1 amide bonds. The molecule has 0 aliphatic carbocycles. The molecule has 140 valence electrons. The molecule has 0 radical (unpaired) electrons. The molecule has 2 aromatic rings. The van der Waals surface area contributed by atoms with E-state index in [9.17, 15) is 4.79 Å². The predicted octanol–water partition coefficient (Wildman–Crippen LogP) is 2.25. The summed E-state index contributed by atoms with van der Waals surface area (Å²) in [6.07, 6.45) is 2.27. The van der Waals surface area contributed by atoms with E-state index in [2.05, 4.69) is 45.6 Å². The molecule has 3 heterocycles. The fraction of sp³-hybridized carbons (Fsp3) is 0.550. The van der Waals surface area contributed by atoms with E-state index in [1.54, 1.807) is 0 Å². The van der Waals surface area contributed by atoms with Crippen molar-refractivity contribution in [2.45, 2.75) is 26.3 Å². The quantitative estimate of drug-likeness (QED) is 0.769. The standard InChI is InChI=1S/C20H28N4O2/c1-14-8-16-10-17(12-24-5-4-21-19(25)13-24)23-20(16)18(9-14)22-11-15-2-6-26-7-3-15/h8-10,15,22-23H,2-7,11-13H2,1H3,(H,21,25). The third-order valence-electron chi connectivity index (χ3n) is 5.36. The van der Waals surface area contributed by atoms with Crippen molar-refractivity contribution in [1.29, 1.82) is 0 Å². The monoisotopic (exact) mass is 356 g/mol. The van der Waals surface area contributed by atoms with Gasteiger partial charge in [0.1, 0.15) is 0 Å². The smallest absolute Gasteiger partial charge is 0.234 e. The van der Waals surface area contributed by atoms with Crippen molar-refractivity contribution in [3.05, 3.63) is 29.5 Å². The normalized spacial score (nSPS) is 19.7. The maximum atomic E-state index is 11.6. The number of aryl methyl sites for hydroxylation is 1. The van der Waals surface area contributed by atoms with Gasteiger partial charge in [-0.15, -0.1) is 0 Å². The number of ether oxygens (including phenoxy) is 1. The Balaban J connectivity index is 1.49. The van der Waals surface area contributed by atoms with Crippen LogP contribution in [0.1, 0.15) is 24.1 Å². The van der Waals surface area contributed by atoms with Gasteiger partial charge < -0.3 is 20.4 Å². The second-order valence-corrected chi connectivity index (χ2v) is 7.57. The van der Waals surface area contributed by atoms with Gasteiger partial charge in [-0.1, -0.05) is 0 Å². The van der Waals surface area contributed by atoms with Gasteiger partial charge in [-0.2, -0.15) is 0 Å². The summed E-state index contributed by atoms with van der Waals surface area (Å²) < 4.78 is 5.46. The van der Waals surface area contributed by atoms with Crippen LogP contribution >= 0.6 is 0 Å². The number of piperazine rings is 1. The molecule has 0 atom stereocenters. The first-order valence-electron chi connectivity index (χ1n) is 9.60. The highest BCUT2D eigenvalue weighted by atomic mass is 16.5. The van der Waals surface area contributed by atoms with Crippen molar-refractivity contribution in [1.82, 2.24) is 15.2 Å². The van der Waals surface area contributed by atoms with Crippen molar-refractivity contribution < 1.29 is 9.53 Å². The number of anilines is 1. The van der Waals surface area contributed by atoms with Gasteiger partial charge in [0.15, 0.2) is 0 Å². The van der Waals surface area contributed by atoms with Crippen LogP contribution < -0.4 is 10.6 Å². The molecule has 2 saturated heterocycles. The number of nitrogens with zero attached hydrogens (tertiary/aromatic N) is 1. The minimum atomic E-state index is 0.113. The lowest BCUT2D eigenvalue weighted by molar-refractivity contribution is -0.124. The summed E-state index contributed by atoms with van der Waals surface area (Å²) in [5, 5.41) is 7.77. The number of fused-ring (bicyclic) bond motifs is 1. The van der Waals surface area contributed by atoms with Gasteiger partial charge >= 0.3 is 0 Å². The van der Waals surface area contributed by atoms with Crippen LogP contribution in [0.15, 0.2) is 18.2 Å². The summed E-state index contributed by atoms with van der Waals surface area (Å²) in [6, 6.07) is 6.66. The minimum absolute atomic E-state index is 0.113. The van der Waals surface area contributed by atoms with E-state index in [1.165, 1.54) is 22.2 Å². The second kappa shape index (κ2) is 7.68. The van der Waals surface area contributed by atoms with E-state index in [4.69, 9.17) is 4.74 Å². The van der Waals surface area contributed by atoms with Gasteiger partial charge in [0, 0.05) is 50.5 Å². The Hall–Kier alpha value is -2.05. The van der Waals surface area contributed by atoms with Crippen LogP contribution in [0.4, 0.5) is 5.69 Å². The Morgan fingerprint density at radius 3 is 2.92 bits per heavy atom. The van der Waals surface area contributed by atoms with Crippen LogP contribution in [-0.2, 0) is 16.1 Å². The molecule has 0 bridgehead atoms. The molecule has 0 spiro atoms. The maximum absolute atomic E-state index is 11.6. The van der Waals surface area contributed by atoms with Crippen molar-refractivity contribution >= 4 is 22.5 Å². The number of carbonyl (C=O) groups is 1. The molecule has 6 heteroatoms. The molecule has 26 heavy (non-hydrogen) atoms. The minimum Gasteiger partial charge on any atom is -0.383 e. The molecule has 3 N–H and O–H groups in total. The number of aromatic amines is 1. The third-order valence-corrected chi connectivity index (χ3v) is 5.36. The largest absolute Gasteiger partial charge is 0.383 e. The number of H-pyrrole nitrogens is 1. The zero-order valence-corrected chi connectivity index (χ0v) is 15.4. The van der Waals surface area contributed by atoms with Crippen molar-refractivity contribution in [2.75, 3.05) is 44.7 Å².